The van der Waals surface area contributed by atoms with Crippen LogP contribution in [0.25, 0.3) is 0 Å². The van der Waals surface area contributed by atoms with Crippen LogP contribution in [0.1, 0.15) is 0 Å². The summed E-state index contributed by atoms with van der Waals surface area (Å²) in [6.07, 6.45) is 0. The highest BCUT2D eigenvalue weighted by molar-refractivity contribution is 5.65. The highest BCUT2D eigenvalue weighted by atomic mass is 16.6. The number of hydrogen-bond donors (Lipinski definition) is 0. The van der Waals surface area contributed by atoms with E-state index < -0.39 is 12.6 Å². The zero-order valence-electron chi connectivity index (χ0n) is 8.90. The van der Waals surface area contributed by atoms with Crippen LogP contribution in [-0.2, 0) is 23.7 Å². The van der Waals surface area contributed by atoms with Crippen LogP contribution in [0, 0.1) is 0 Å². The van der Waals surface area contributed by atoms with Crippen LogP contribution in [0.2, 0.25) is 0 Å². The SMILES string of the molecule is COCCOCCOCCOCC(=O)[O-]. The molecule has 0 aliphatic heterocycles. The first-order valence-electron chi connectivity index (χ1n) is 4.69. The van der Waals surface area contributed by atoms with E-state index in [1.54, 1.807) is 7.11 Å². The van der Waals surface area contributed by atoms with Crippen molar-refractivity contribution in [3.05, 3.63) is 0 Å². The summed E-state index contributed by atoms with van der Waals surface area (Å²) in [6.45, 7) is 2.25. The van der Waals surface area contributed by atoms with Gasteiger partial charge < -0.3 is 28.8 Å². The summed E-state index contributed by atoms with van der Waals surface area (Å²) >= 11 is 0. The van der Waals surface area contributed by atoms with Crippen molar-refractivity contribution in [3.63, 3.8) is 0 Å². The molecule has 0 aromatic carbocycles. The van der Waals surface area contributed by atoms with Gasteiger partial charge in [0.05, 0.1) is 52.2 Å². The Morgan fingerprint density at radius 2 is 1.40 bits per heavy atom. The Labute approximate surface area is 89.1 Å². The Morgan fingerprint density at radius 1 is 0.933 bits per heavy atom. The number of aliphatic carboxylic acids is 1. The minimum atomic E-state index is -1.22. The second kappa shape index (κ2) is 11.4. The van der Waals surface area contributed by atoms with Crippen molar-refractivity contribution in [3.8, 4) is 0 Å². The molecule has 0 bridgehead atoms. The predicted octanol–water partition coefficient (Wildman–Crippen LogP) is -1.57. The Bertz CT molecular complexity index is 150. The maximum absolute atomic E-state index is 9.93. The predicted molar refractivity (Wildman–Crippen MR) is 49.3 cm³/mol. The van der Waals surface area contributed by atoms with Crippen LogP contribution in [0.15, 0.2) is 0 Å². The molecule has 0 rings (SSSR count). The number of rotatable bonds is 11. The summed E-state index contributed by atoms with van der Waals surface area (Å²) in [5.41, 5.74) is 0. The van der Waals surface area contributed by atoms with Gasteiger partial charge in [-0.2, -0.15) is 0 Å². The molecule has 0 aliphatic rings. The minimum absolute atomic E-state index is 0.242. The van der Waals surface area contributed by atoms with Crippen molar-refractivity contribution in [2.24, 2.45) is 0 Å². The molecule has 6 nitrogen and oxygen atoms in total. The molecular formula is C9H17O6-. The standard InChI is InChI=1S/C9H18O6/c1-12-2-3-13-4-5-14-6-7-15-8-9(10)11/h2-8H2,1H3,(H,10,11)/p-1. The fourth-order valence-corrected chi connectivity index (χ4v) is 0.738. The molecule has 0 atom stereocenters. The van der Waals surface area contributed by atoms with Gasteiger partial charge in [-0.15, -0.1) is 0 Å². The average Bonchev–Trinajstić information content (AvgIpc) is 2.20. The molecule has 0 heterocycles. The van der Waals surface area contributed by atoms with E-state index in [2.05, 4.69) is 0 Å². The highest BCUT2D eigenvalue weighted by Gasteiger charge is 1.91. The lowest BCUT2D eigenvalue weighted by atomic mass is 10.7. The van der Waals surface area contributed by atoms with Crippen molar-refractivity contribution in [2.45, 2.75) is 0 Å². The zero-order valence-corrected chi connectivity index (χ0v) is 8.90. The van der Waals surface area contributed by atoms with E-state index in [1.807, 2.05) is 0 Å². The van der Waals surface area contributed by atoms with E-state index in [0.29, 0.717) is 33.0 Å². The highest BCUT2D eigenvalue weighted by Crippen LogP contribution is 1.81. The summed E-state index contributed by atoms with van der Waals surface area (Å²) in [4.78, 5) is 9.93. The minimum Gasteiger partial charge on any atom is -0.548 e. The van der Waals surface area contributed by atoms with Crippen molar-refractivity contribution < 1.29 is 28.8 Å². The fraction of sp³-hybridized carbons (Fsp3) is 0.889. The van der Waals surface area contributed by atoms with Crippen LogP contribution in [0.3, 0.4) is 0 Å². The van der Waals surface area contributed by atoms with Gasteiger partial charge in [-0.25, -0.2) is 0 Å². The molecule has 0 amide bonds. The smallest absolute Gasteiger partial charge is 0.0862 e. The van der Waals surface area contributed by atoms with Crippen LogP contribution in [-0.4, -0.2) is 59.3 Å². The second-order valence-corrected chi connectivity index (χ2v) is 2.64. The lowest BCUT2D eigenvalue weighted by Gasteiger charge is -2.06. The number of carboxylic acids is 1. The Morgan fingerprint density at radius 3 is 1.87 bits per heavy atom. The van der Waals surface area contributed by atoms with Gasteiger partial charge in [0.1, 0.15) is 0 Å². The maximum Gasteiger partial charge on any atom is 0.0862 e. The Kier molecular flexibility index (Phi) is 10.9. The normalized spacial score (nSPS) is 10.5. The van der Waals surface area contributed by atoms with Crippen molar-refractivity contribution >= 4 is 5.97 Å². The third-order valence-corrected chi connectivity index (χ3v) is 1.40. The van der Waals surface area contributed by atoms with Crippen molar-refractivity contribution in [1.82, 2.24) is 0 Å². The topological polar surface area (TPSA) is 77.0 Å². The third kappa shape index (κ3) is 13.3. The van der Waals surface area contributed by atoms with Gasteiger partial charge in [0.2, 0.25) is 0 Å². The molecule has 0 unspecified atom stereocenters. The van der Waals surface area contributed by atoms with E-state index in [1.165, 1.54) is 0 Å². The molecule has 6 heteroatoms. The van der Waals surface area contributed by atoms with Gasteiger partial charge in [-0.05, 0) is 0 Å². The van der Waals surface area contributed by atoms with Gasteiger partial charge in [0.25, 0.3) is 0 Å². The molecule has 0 N–H and O–H groups in total. The summed E-state index contributed by atoms with van der Waals surface area (Å²) in [5, 5.41) is 9.93. The van der Waals surface area contributed by atoms with Crippen LogP contribution in [0.5, 0.6) is 0 Å². The van der Waals surface area contributed by atoms with E-state index in [4.69, 9.17) is 18.9 Å². The number of carboxylic acid groups (broad SMARTS) is 1. The van der Waals surface area contributed by atoms with Gasteiger partial charge in [-0.3, -0.25) is 0 Å². The monoisotopic (exact) mass is 221 g/mol. The van der Waals surface area contributed by atoms with Gasteiger partial charge >= 0.3 is 0 Å². The first-order chi connectivity index (χ1) is 7.27. The summed E-state index contributed by atoms with van der Waals surface area (Å²) in [5.74, 6) is -1.22. The molecule has 15 heavy (non-hydrogen) atoms. The van der Waals surface area contributed by atoms with E-state index in [0.717, 1.165) is 0 Å². The summed E-state index contributed by atoms with van der Waals surface area (Å²) in [7, 11) is 1.61. The molecule has 90 valence electrons. The molecule has 0 aliphatic carbocycles. The molecule has 0 spiro atoms. The number of carbonyl (C=O) groups excluding carboxylic acids is 1. The summed E-state index contributed by atoms with van der Waals surface area (Å²) in [6, 6.07) is 0. The number of hydrogen-bond acceptors (Lipinski definition) is 6. The maximum atomic E-state index is 9.93. The largest absolute Gasteiger partial charge is 0.548 e. The number of ether oxygens (including phenoxy) is 4. The van der Waals surface area contributed by atoms with Gasteiger partial charge in [0.15, 0.2) is 0 Å². The van der Waals surface area contributed by atoms with Gasteiger partial charge in [-0.1, -0.05) is 0 Å². The summed E-state index contributed by atoms with van der Waals surface area (Å²) < 4.78 is 19.7. The van der Waals surface area contributed by atoms with Gasteiger partial charge in [0, 0.05) is 7.11 Å². The fourth-order valence-electron chi connectivity index (χ4n) is 0.738. The lowest BCUT2D eigenvalue weighted by Crippen LogP contribution is -2.28. The Balaban J connectivity index is 2.89. The second-order valence-electron chi connectivity index (χ2n) is 2.64. The third-order valence-electron chi connectivity index (χ3n) is 1.40. The quantitative estimate of drug-likeness (QED) is 0.392. The van der Waals surface area contributed by atoms with E-state index in [9.17, 15) is 9.90 Å². The molecule has 0 aromatic heterocycles. The molecule has 0 radical (unpaired) electrons. The number of methoxy groups -OCH3 is 1. The lowest BCUT2D eigenvalue weighted by molar-refractivity contribution is -0.309. The van der Waals surface area contributed by atoms with Crippen LogP contribution in [0.4, 0.5) is 0 Å². The molecule has 0 saturated carbocycles. The Hall–Kier alpha value is -0.690. The molecule has 0 fully saturated rings. The first-order valence-corrected chi connectivity index (χ1v) is 4.69. The van der Waals surface area contributed by atoms with Crippen LogP contribution >= 0.6 is 0 Å². The van der Waals surface area contributed by atoms with Crippen molar-refractivity contribution in [1.29, 1.82) is 0 Å². The number of carbonyl (C=O) groups is 1. The first kappa shape index (κ1) is 14.3. The van der Waals surface area contributed by atoms with Crippen molar-refractivity contribution in [2.75, 3.05) is 53.4 Å². The average molecular weight is 221 g/mol. The van der Waals surface area contributed by atoms with Crippen LogP contribution < -0.4 is 5.11 Å². The zero-order chi connectivity index (χ0) is 11.4. The van der Waals surface area contributed by atoms with E-state index in [-0.39, 0.29) is 6.61 Å². The van der Waals surface area contributed by atoms with E-state index >= 15 is 0 Å². The molecule has 0 aromatic rings. The molecular weight excluding hydrogens is 204 g/mol. The molecule has 0 saturated heterocycles.